The largest absolute Gasteiger partial charge is 0.477 e. The number of carbonyl (C=O) groups excluding carboxylic acids is 1. The van der Waals surface area contributed by atoms with Gasteiger partial charge in [-0.3, -0.25) is 4.90 Å². The van der Waals surface area contributed by atoms with E-state index in [-0.39, 0.29) is 30.2 Å². The first kappa shape index (κ1) is 26.9. The third kappa shape index (κ3) is 6.57. The third-order valence-electron chi connectivity index (χ3n) is 6.82. The molecule has 0 spiro atoms. The minimum Gasteiger partial charge on any atom is -0.477 e. The molecule has 12 heteroatoms. The fourth-order valence-corrected chi connectivity index (χ4v) is 5.97. The average Bonchev–Trinajstić information content (AvgIpc) is 2.77. The highest BCUT2D eigenvalue weighted by atomic mass is 32.2. The van der Waals surface area contributed by atoms with E-state index in [2.05, 4.69) is 9.97 Å². The number of hydrogen-bond acceptors (Lipinski definition) is 9. The molecule has 36 heavy (non-hydrogen) atoms. The van der Waals surface area contributed by atoms with Gasteiger partial charge in [0.1, 0.15) is 18.0 Å². The van der Waals surface area contributed by atoms with Crippen LogP contribution in [-0.4, -0.2) is 96.6 Å². The van der Waals surface area contributed by atoms with E-state index >= 15 is 0 Å². The second kappa shape index (κ2) is 10.7. The smallest absolute Gasteiger partial charge is 0.410 e. The summed E-state index contributed by atoms with van der Waals surface area (Å²) >= 11 is 0. The van der Waals surface area contributed by atoms with Crippen LogP contribution in [0.25, 0.3) is 0 Å². The van der Waals surface area contributed by atoms with Gasteiger partial charge in [0.25, 0.3) is 0 Å². The molecule has 2 unspecified atom stereocenters. The predicted molar refractivity (Wildman–Crippen MR) is 132 cm³/mol. The maximum absolute atomic E-state index is 12.8. The van der Waals surface area contributed by atoms with Crippen molar-refractivity contribution in [2.24, 2.45) is 5.92 Å². The molecule has 3 saturated heterocycles. The van der Waals surface area contributed by atoms with Crippen LogP contribution < -0.4 is 9.47 Å². The Kier molecular flexibility index (Phi) is 7.96. The van der Waals surface area contributed by atoms with E-state index in [1.807, 2.05) is 32.6 Å². The van der Waals surface area contributed by atoms with Crippen molar-refractivity contribution in [1.29, 1.82) is 0 Å². The molecule has 3 aliphatic rings. The summed E-state index contributed by atoms with van der Waals surface area (Å²) < 4.78 is 48.5. The molecule has 11 nitrogen and oxygen atoms in total. The molecule has 1 aromatic rings. The molecule has 0 radical (unpaired) electrons. The molecule has 4 heterocycles. The Labute approximate surface area is 213 Å². The number of ether oxygens (including phenoxy) is 4. The van der Waals surface area contributed by atoms with Crippen LogP contribution in [0.1, 0.15) is 52.0 Å². The summed E-state index contributed by atoms with van der Waals surface area (Å²) in [5.41, 5.74) is 0.180. The van der Waals surface area contributed by atoms with Crippen molar-refractivity contribution in [3.8, 4) is 11.8 Å². The molecule has 2 atom stereocenters. The van der Waals surface area contributed by atoms with E-state index in [1.54, 1.807) is 0 Å². The minimum atomic E-state index is -3.18. The highest BCUT2D eigenvalue weighted by Gasteiger charge is 2.43. The van der Waals surface area contributed by atoms with E-state index in [4.69, 9.17) is 18.9 Å². The number of carbonyl (C=O) groups is 1. The van der Waals surface area contributed by atoms with Crippen LogP contribution in [0.2, 0.25) is 0 Å². The summed E-state index contributed by atoms with van der Waals surface area (Å²) in [6.45, 7) is 9.82. The predicted octanol–water partition coefficient (Wildman–Crippen LogP) is 2.38. The minimum absolute atomic E-state index is 0.0378. The zero-order valence-electron chi connectivity index (χ0n) is 21.8. The van der Waals surface area contributed by atoms with Crippen LogP contribution in [0.4, 0.5) is 4.79 Å². The van der Waals surface area contributed by atoms with Gasteiger partial charge in [0.05, 0.1) is 43.7 Å². The van der Waals surface area contributed by atoms with Gasteiger partial charge >= 0.3 is 6.09 Å². The van der Waals surface area contributed by atoms with Gasteiger partial charge in [0.2, 0.25) is 21.8 Å². The number of nitrogens with zero attached hydrogens (tertiary/aromatic N) is 4. The molecule has 2 bridgehead atoms. The molecular formula is C24H38N4O7S. The van der Waals surface area contributed by atoms with Gasteiger partial charge in [-0.2, -0.15) is 0 Å². The monoisotopic (exact) mass is 526 g/mol. The molecule has 3 aliphatic heterocycles. The normalized spacial score (nSPS) is 25.9. The molecule has 1 aromatic heterocycles. The standard InChI is InChI=1S/C24H38N4O7S/c1-16-21(25-15-26-22(16)34-20-6-8-27(9-7-20)36(5,30)31)33-12-17-10-18-13-32-14-19(11-17)28(18)23(29)35-24(2,3)4/h15,17-20H,6-14H2,1-5H3. The number of hydrogen-bond donors (Lipinski definition) is 0. The first-order valence-corrected chi connectivity index (χ1v) is 14.4. The van der Waals surface area contributed by atoms with Crippen molar-refractivity contribution in [2.75, 3.05) is 39.2 Å². The first-order valence-electron chi connectivity index (χ1n) is 12.6. The topological polar surface area (TPSA) is 120 Å². The van der Waals surface area contributed by atoms with Gasteiger partial charge in [0.15, 0.2) is 0 Å². The van der Waals surface area contributed by atoms with Gasteiger partial charge in [-0.05, 0) is 59.3 Å². The molecule has 3 fully saturated rings. The third-order valence-corrected chi connectivity index (χ3v) is 8.12. The lowest BCUT2D eigenvalue weighted by Crippen LogP contribution is -2.60. The number of piperidine rings is 2. The fourth-order valence-electron chi connectivity index (χ4n) is 5.10. The molecule has 0 saturated carbocycles. The number of rotatable bonds is 6. The maximum atomic E-state index is 12.8. The number of morpholine rings is 1. The summed E-state index contributed by atoms with van der Waals surface area (Å²) in [6.07, 6.45) is 5.01. The van der Waals surface area contributed by atoms with Crippen LogP contribution in [0.15, 0.2) is 6.33 Å². The van der Waals surface area contributed by atoms with Gasteiger partial charge < -0.3 is 18.9 Å². The Morgan fingerprint density at radius 2 is 1.72 bits per heavy atom. The van der Waals surface area contributed by atoms with Gasteiger partial charge in [-0.15, -0.1) is 0 Å². The lowest BCUT2D eigenvalue weighted by atomic mass is 9.86. The molecule has 1 amide bonds. The molecule has 0 N–H and O–H groups in total. The summed E-state index contributed by atoms with van der Waals surface area (Å²) in [6, 6.07) is -0.0757. The summed E-state index contributed by atoms with van der Waals surface area (Å²) in [4.78, 5) is 23.2. The number of fused-ring (bicyclic) bond motifs is 2. The summed E-state index contributed by atoms with van der Waals surface area (Å²) in [5.74, 6) is 1.19. The molecule has 0 aliphatic carbocycles. The highest BCUT2D eigenvalue weighted by Crippen LogP contribution is 2.34. The number of sulfonamides is 1. The maximum Gasteiger partial charge on any atom is 0.410 e. The Bertz CT molecular complexity index is 1020. The Balaban J connectivity index is 1.32. The molecular weight excluding hydrogens is 488 g/mol. The summed E-state index contributed by atoms with van der Waals surface area (Å²) in [5, 5.41) is 0. The Morgan fingerprint density at radius 3 is 2.31 bits per heavy atom. The van der Waals surface area contributed by atoms with E-state index < -0.39 is 15.6 Å². The molecule has 0 aromatic carbocycles. The van der Waals surface area contributed by atoms with Crippen LogP contribution in [0.3, 0.4) is 0 Å². The van der Waals surface area contributed by atoms with Crippen LogP contribution >= 0.6 is 0 Å². The van der Waals surface area contributed by atoms with Crippen molar-refractivity contribution in [1.82, 2.24) is 19.2 Å². The van der Waals surface area contributed by atoms with Gasteiger partial charge in [-0.25, -0.2) is 27.5 Å². The van der Waals surface area contributed by atoms with Crippen LogP contribution in [0, 0.1) is 12.8 Å². The second-order valence-electron chi connectivity index (χ2n) is 11.0. The van der Waals surface area contributed by atoms with E-state index in [9.17, 15) is 13.2 Å². The van der Waals surface area contributed by atoms with Gasteiger partial charge in [-0.1, -0.05) is 0 Å². The van der Waals surface area contributed by atoms with Crippen molar-refractivity contribution in [3.05, 3.63) is 11.9 Å². The zero-order chi connectivity index (χ0) is 26.1. The summed E-state index contributed by atoms with van der Waals surface area (Å²) in [7, 11) is -3.18. The van der Waals surface area contributed by atoms with Crippen molar-refractivity contribution in [3.63, 3.8) is 0 Å². The number of amides is 1. The Morgan fingerprint density at radius 1 is 1.11 bits per heavy atom. The van der Waals surface area contributed by atoms with Crippen LogP contribution in [0.5, 0.6) is 11.8 Å². The van der Waals surface area contributed by atoms with Crippen molar-refractivity contribution in [2.45, 2.75) is 77.2 Å². The lowest BCUT2D eigenvalue weighted by Gasteiger charge is -2.48. The quantitative estimate of drug-likeness (QED) is 0.550. The molecule has 202 valence electrons. The second-order valence-corrected chi connectivity index (χ2v) is 13.0. The Hall–Kier alpha value is -2.18. The zero-order valence-corrected chi connectivity index (χ0v) is 22.6. The van der Waals surface area contributed by atoms with E-state index in [1.165, 1.54) is 16.9 Å². The SMILES string of the molecule is Cc1c(OCC2CC3COCC(C2)N3C(=O)OC(C)(C)C)ncnc1OC1CCN(S(C)(=O)=O)CC1. The fraction of sp³-hybridized carbons (Fsp3) is 0.792. The highest BCUT2D eigenvalue weighted by molar-refractivity contribution is 7.88. The molecule has 4 rings (SSSR count). The van der Waals surface area contributed by atoms with Crippen LogP contribution in [-0.2, 0) is 19.5 Å². The first-order chi connectivity index (χ1) is 16.9. The number of aromatic nitrogens is 2. The average molecular weight is 527 g/mol. The van der Waals surface area contributed by atoms with E-state index in [0.29, 0.717) is 57.5 Å². The van der Waals surface area contributed by atoms with Crippen molar-refractivity contribution < 1.29 is 32.2 Å². The lowest BCUT2D eigenvalue weighted by molar-refractivity contribution is -0.0930. The van der Waals surface area contributed by atoms with Crippen molar-refractivity contribution >= 4 is 16.1 Å². The van der Waals surface area contributed by atoms with E-state index in [0.717, 1.165) is 18.4 Å². The van der Waals surface area contributed by atoms with Gasteiger partial charge in [0, 0.05) is 13.1 Å².